The molecule has 5 heteroatoms. The zero-order valence-electron chi connectivity index (χ0n) is 11.2. The molecule has 0 spiro atoms. The van der Waals surface area contributed by atoms with E-state index in [4.69, 9.17) is 18.0 Å². The summed E-state index contributed by atoms with van der Waals surface area (Å²) in [5.41, 5.74) is 5.05. The maximum absolute atomic E-state index is 12.3. The molecule has 0 aromatic heterocycles. The summed E-state index contributed by atoms with van der Waals surface area (Å²) in [7, 11) is 0. The van der Waals surface area contributed by atoms with Crippen LogP contribution in [0.25, 0.3) is 0 Å². The van der Waals surface area contributed by atoms with E-state index in [-0.39, 0.29) is 11.9 Å². The summed E-state index contributed by atoms with van der Waals surface area (Å²) in [6.45, 7) is 8.02. The number of rotatable bonds is 8. The summed E-state index contributed by atoms with van der Waals surface area (Å²) in [5, 5.41) is 3.01. The molecule has 0 saturated heterocycles. The van der Waals surface area contributed by atoms with Gasteiger partial charge in [0.1, 0.15) is 0 Å². The van der Waals surface area contributed by atoms with Crippen molar-refractivity contribution in [3.63, 3.8) is 0 Å². The van der Waals surface area contributed by atoms with Crippen LogP contribution in [0.5, 0.6) is 0 Å². The summed E-state index contributed by atoms with van der Waals surface area (Å²) < 4.78 is 0. The molecule has 1 atom stereocenters. The fourth-order valence-corrected chi connectivity index (χ4v) is 2.78. The van der Waals surface area contributed by atoms with E-state index in [1.807, 2.05) is 32.5 Å². The second kappa shape index (κ2) is 7.93. The average Bonchev–Trinajstić information content (AvgIpc) is 2.28. The number of hydrogen-bond donors (Lipinski definition) is 2. The Balaban J connectivity index is 4.59. The van der Waals surface area contributed by atoms with Crippen molar-refractivity contribution in [1.82, 2.24) is 5.32 Å². The van der Waals surface area contributed by atoms with Gasteiger partial charge >= 0.3 is 0 Å². The third-order valence-electron chi connectivity index (χ3n) is 3.06. The van der Waals surface area contributed by atoms with Crippen molar-refractivity contribution in [2.75, 3.05) is 11.5 Å². The third-order valence-corrected chi connectivity index (χ3v) is 4.60. The largest absolute Gasteiger partial charge is 0.392 e. The van der Waals surface area contributed by atoms with Crippen LogP contribution in [0.15, 0.2) is 0 Å². The van der Waals surface area contributed by atoms with E-state index in [1.54, 1.807) is 0 Å². The van der Waals surface area contributed by atoms with Crippen molar-refractivity contribution in [2.24, 2.45) is 11.1 Å². The van der Waals surface area contributed by atoms with Crippen molar-refractivity contribution in [1.29, 1.82) is 0 Å². The van der Waals surface area contributed by atoms with Gasteiger partial charge in [-0.15, -0.1) is 0 Å². The molecule has 3 nitrogen and oxygen atoms in total. The van der Waals surface area contributed by atoms with E-state index >= 15 is 0 Å². The van der Waals surface area contributed by atoms with Crippen molar-refractivity contribution in [3.05, 3.63) is 0 Å². The van der Waals surface area contributed by atoms with Gasteiger partial charge in [-0.1, -0.05) is 33.0 Å². The van der Waals surface area contributed by atoms with Crippen LogP contribution >= 0.6 is 24.0 Å². The molecule has 3 N–H and O–H groups in total. The number of carbonyl (C=O) groups excluding carboxylic acids is 1. The summed E-state index contributed by atoms with van der Waals surface area (Å²) in [6.07, 6.45) is 1.30. The quantitative estimate of drug-likeness (QED) is 0.668. The lowest BCUT2D eigenvalue weighted by Gasteiger charge is -2.30. The highest BCUT2D eigenvalue weighted by atomic mass is 32.2. The second-order valence-electron chi connectivity index (χ2n) is 4.19. The Kier molecular flexibility index (Phi) is 7.79. The molecule has 0 radical (unpaired) electrons. The van der Waals surface area contributed by atoms with Gasteiger partial charge in [0.2, 0.25) is 5.91 Å². The molecule has 0 aliphatic carbocycles. The van der Waals surface area contributed by atoms with Crippen LogP contribution in [0, 0.1) is 5.41 Å². The second-order valence-corrected chi connectivity index (χ2v) is 5.95. The minimum absolute atomic E-state index is 0.0285. The lowest BCUT2D eigenvalue weighted by molar-refractivity contribution is -0.128. The van der Waals surface area contributed by atoms with Gasteiger partial charge in [-0.05, 0) is 25.5 Å². The lowest BCUT2D eigenvalue weighted by Crippen LogP contribution is -2.51. The van der Waals surface area contributed by atoms with Crippen molar-refractivity contribution in [2.45, 2.75) is 46.6 Å². The van der Waals surface area contributed by atoms with Crippen molar-refractivity contribution < 1.29 is 4.79 Å². The fourth-order valence-electron chi connectivity index (χ4n) is 1.73. The number of nitrogens with one attached hydrogen (secondary N) is 1. The molecule has 0 heterocycles. The van der Waals surface area contributed by atoms with Gasteiger partial charge in [-0.3, -0.25) is 4.79 Å². The van der Waals surface area contributed by atoms with Crippen LogP contribution in [0.3, 0.4) is 0 Å². The molecular weight excluding hydrogens is 252 g/mol. The van der Waals surface area contributed by atoms with Crippen LogP contribution in [0.1, 0.15) is 40.5 Å². The number of hydrogen-bond acceptors (Lipinski definition) is 3. The van der Waals surface area contributed by atoms with Gasteiger partial charge < -0.3 is 11.1 Å². The zero-order valence-corrected chi connectivity index (χ0v) is 12.8. The first-order chi connectivity index (χ1) is 7.94. The van der Waals surface area contributed by atoms with Gasteiger partial charge in [0.05, 0.1) is 10.4 Å². The molecule has 1 amide bonds. The van der Waals surface area contributed by atoms with E-state index in [9.17, 15) is 4.79 Å². The van der Waals surface area contributed by atoms with E-state index in [0.717, 1.165) is 11.5 Å². The van der Waals surface area contributed by atoms with Gasteiger partial charge in [0, 0.05) is 11.8 Å². The normalized spacial score (nSPS) is 13.2. The number of thiocarbonyl (C=S) groups is 1. The topological polar surface area (TPSA) is 55.1 Å². The summed E-state index contributed by atoms with van der Waals surface area (Å²) in [5.74, 6) is 1.95. The molecule has 0 bridgehead atoms. The lowest BCUT2D eigenvalue weighted by atomic mass is 9.81. The average molecular weight is 276 g/mol. The van der Waals surface area contributed by atoms with Gasteiger partial charge in [-0.2, -0.15) is 11.8 Å². The van der Waals surface area contributed by atoms with Gasteiger partial charge in [0.25, 0.3) is 0 Å². The fraction of sp³-hybridized carbons (Fsp3) is 0.833. The first-order valence-corrected chi connectivity index (χ1v) is 7.69. The molecule has 17 heavy (non-hydrogen) atoms. The Labute approximate surface area is 114 Å². The highest BCUT2D eigenvalue weighted by Crippen LogP contribution is 2.27. The standard InChI is InChI=1S/C12H24N2OS2/c1-5-12(6-2,10(13)16)11(15)14-9(4)8-17-7-3/h9H,5-8H2,1-4H3,(H2,13,16)(H,14,15). The Morgan fingerprint density at radius 1 is 1.41 bits per heavy atom. The monoisotopic (exact) mass is 276 g/mol. The summed E-state index contributed by atoms with van der Waals surface area (Å²) in [4.78, 5) is 12.6. The molecule has 100 valence electrons. The van der Waals surface area contributed by atoms with Crippen LogP contribution in [-0.2, 0) is 4.79 Å². The molecule has 0 aliphatic heterocycles. The Hall–Kier alpha value is -0.290. The first kappa shape index (κ1) is 16.7. The number of nitrogens with two attached hydrogens (primary N) is 1. The highest BCUT2D eigenvalue weighted by molar-refractivity contribution is 7.99. The highest BCUT2D eigenvalue weighted by Gasteiger charge is 2.38. The van der Waals surface area contributed by atoms with Gasteiger partial charge in [-0.25, -0.2) is 0 Å². The molecule has 0 fully saturated rings. The SMILES string of the molecule is CCSCC(C)NC(=O)C(CC)(CC)C(N)=S. The van der Waals surface area contributed by atoms with E-state index in [2.05, 4.69) is 12.2 Å². The minimum Gasteiger partial charge on any atom is -0.392 e. The Morgan fingerprint density at radius 2 is 1.94 bits per heavy atom. The Bertz CT molecular complexity index is 265. The van der Waals surface area contributed by atoms with Crippen molar-refractivity contribution >= 4 is 34.9 Å². The summed E-state index contributed by atoms with van der Waals surface area (Å²) in [6, 6.07) is 0.152. The number of amides is 1. The molecule has 0 aliphatic rings. The Morgan fingerprint density at radius 3 is 2.29 bits per heavy atom. The predicted octanol–water partition coefficient (Wildman–Crippen LogP) is 2.34. The van der Waals surface area contributed by atoms with Crippen molar-refractivity contribution in [3.8, 4) is 0 Å². The molecule has 0 rings (SSSR count). The van der Waals surface area contributed by atoms with E-state index < -0.39 is 5.41 Å². The maximum atomic E-state index is 12.3. The molecule has 1 unspecified atom stereocenters. The van der Waals surface area contributed by atoms with Crippen LogP contribution < -0.4 is 11.1 Å². The third kappa shape index (κ3) is 4.47. The molecule has 0 aromatic rings. The van der Waals surface area contributed by atoms with E-state index in [1.165, 1.54) is 0 Å². The zero-order chi connectivity index (χ0) is 13.5. The predicted molar refractivity (Wildman–Crippen MR) is 80.4 cm³/mol. The molecule has 0 saturated carbocycles. The van der Waals surface area contributed by atoms with Gasteiger partial charge in [0.15, 0.2) is 0 Å². The van der Waals surface area contributed by atoms with Crippen LogP contribution in [0.4, 0.5) is 0 Å². The van der Waals surface area contributed by atoms with Crippen LogP contribution in [-0.4, -0.2) is 28.4 Å². The van der Waals surface area contributed by atoms with Crippen LogP contribution in [0.2, 0.25) is 0 Å². The van der Waals surface area contributed by atoms with E-state index in [0.29, 0.717) is 17.8 Å². The smallest absolute Gasteiger partial charge is 0.233 e. The maximum Gasteiger partial charge on any atom is 0.233 e. The first-order valence-electron chi connectivity index (χ1n) is 6.13. The number of carbonyl (C=O) groups is 1. The number of thioether (sulfide) groups is 1. The molecule has 0 aromatic carbocycles. The summed E-state index contributed by atoms with van der Waals surface area (Å²) >= 11 is 6.87. The minimum atomic E-state index is -0.680. The molecular formula is C12H24N2OS2.